The van der Waals surface area contributed by atoms with E-state index in [0.717, 1.165) is 25.7 Å². The zero-order valence-corrected chi connectivity index (χ0v) is 13.6. The molecule has 0 amide bonds. The van der Waals surface area contributed by atoms with Gasteiger partial charge in [0, 0.05) is 13.1 Å². The number of aromatic nitrogens is 2. The largest absolute Gasteiger partial charge is 0.481 e. The number of anilines is 1. The minimum Gasteiger partial charge on any atom is -0.481 e. The summed E-state index contributed by atoms with van der Waals surface area (Å²) in [5.74, 6) is -4.40. The third-order valence-electron chi connectivity index (χ3n) is 4.82. The summed E-state index contributed by atoms with van der Waals surface area (Å²) in [7, 11) is 0. The first-order valence-corrected chi connectivity index (χ1v) is 8.38. The van der Waals surface area contributed by atoms with Gasteiger partial charge in [0.1, 0.15) is 6.10 Å². The van der Waals surface area contributed by atoms with E-state index in [4.69, 9.17) is 9.84 Å². The Kier molecular flexibility index (Phi) is 5.01. The summed E-state index contributed by atoms with van der Waals surface area (Å²) in [6, 6.07) is 0. The van der Waals surface area contributed by atoms with Crippen molar-refractivity contribution in [1.29, 1.82) is 0 Å². The topological polar surface area (TPSA) is 75.5 Å². The van der Waals surface area contributed by atoms with Crippen LogP contribution in [0.15, 0.2) is 12.4 Å². The molecule has 2 heterocycles. The van der Waals surface area contributed by atoms with E-state index in [2.05, 4.69) is 9.97 Å². The fourth-order valence-corrected chi connectivity index (χ4v) is 3.47. The predicted molar refractivity (Wildman–Crippen MR) is 82.4 cm³/mol. The molecule has 1 aliphatic carbocycles. The Morgan fingerprint density at radius 1 is 1.20 bits per heavy atom. The van der Waals surface area contributed by atoms with Gasteiger partial charge in [-0.05, 0) is 25.7 Å². The number of carbonyl (C=O) groups is 1. The van der Waals surface area contributed by atoms with Crippen molar-refractivity contribution >= 4 is 11.8 Å². The lowest BCUT2D eigenvalue weighted by Gasteiger charge is -2.23. The molecular formula is C16H20F3N3O3. The number of nitrogens with zero attached hydrogens (tertiary/aromatic N) is 3. The number of alkyl halides is 3. The van der Waals surface area contributed by atoms with Gasteiger partial charge in [0.15, 0.2) is 5.82 Å². The van der Waals surface area contributed by atoms with Crippen molar-refractivity contribution in [2.75, 3.05) is 18.0 Å². The van der Waals surface area contributed by atoms with Crippen LogP contribution in [0, 0.1) is 11.8 Å². The van der Waals surface area contributed by atoms with Crippen LogP contribution in [0.1, 0.15) is 32.1 Å². The van der Waals surface area contributed by atoms with Crippen LogP contribution in [0.5, 0.6) is 5.88 Å². The summed E-state index contributed by atoms with van der Waals surface area (Å²) < 4.78 is 45.1. The molecule has 138 valence electrons. The number of hydrogen-bond acceptors (Lipinski definition) is 5. The molecule has 2 atom stereocenters. The minimum absolute atomic E-state index is 0.0477. The number of halogens is 3. The summed E-state index contributed by atoms with van der Waals surface area (Å²) in [4.78, 5) is 20.7. The van der Waals surface area contributed by atoms with E-state index in [-0.39, 0.29) is 24.3 Å². The summed E-state index contributed by atoms with van der Waals surface area (Å²) in [6.07, 6.45) is 3.44. The smallest absolute Gasteiger partial charge is 0.394 e. The van der Waals surface area contributed by atoms with Gasteiger partial charge in [0.05, 0.1) is 24.2 Å². The Hall–Kier alpha value is -2.06. The highest BCUT2D eigenvalue weighted by molar-refractivity contribution is 5.72. The van der Waals surface area contributed by atoms with Gasteiger partial charge in [-0.1, -0.05) is 6.42 Å². The van der Waals surface area contributed by atoms with E-state index in [9.17, 15) is 18.0 Å². The SMILES string of the molecule is O=C(O)[C@@H]1CN(c2cncc(OC3CCCCC3)n2)C[C@H]1C(F)(F)F. The molecule has 0 radical (unpaired) electrons. The first-order valence-electron chi connectivity index (χ1n) is 8.38. The second kappa shape index (κ2) is 7.05. The van der Waals surface area contributed by atoms with E-state index < -0.39 is 30.5 Å². The van der Waals surface area contributed by atoms with Gasteiger partial charge in [0.2, 0.25) is 5.88 Å². The van der Waals surface area contributed by atoms with Gasteiger partial charge in [-0.2, -0.15) is 18.2 Å². The fraction of sp³-hybridized carbons (Fsp3) is 0.688. The highest BCUT2D eigenvalue weighted by atomic mass is 19.4. The Bertz CT molecular complexity index is 620. The molecule has 1 N–H and O–H groups in total. The summed E-state index contributed by atoms with van der Waals surface area (Å²) >= 11 is 0. The minimum atomic E-state index is -4.57. The molecule has 2 aliphatic rings. The molecule has 6 nitrogen and oxygen atoms in total. The molecule has 1 saturated carbocycles. The molecule has 0 unspecified atom stereocenters. The summed E-state index contributed by atoms with van der Waals surface area (Å²) in [5.41, 5.74) is 0. The normalized spacial score (nSPS) is 25.2. The monoisotopic (exact) mass is 359 g/mol. The number of hydrogen-bond donors (Lipinski definition) is 1. The molecule has 0 aromatic carbocycles. The van der Waals surface area contributed by atoms with Crippen molar-refractivity contribution in [3.05, 3.63) is 12.4 Å². The summed E-state index contributed by atoms with van der Waals surface area (Å²) in [6.45, 7) is -0.691. The zero-order chi connectivity index (χ0) is 18.0. The lowest BCUT2D eigenvalue weighted by molar-refractivity contribution is -0.187. The molecule has 3 rings (SSSR count). The highest BCUT2D eigenvalue weighted by Crippen LogP contribution is 2.39. The van der Waals surface area contributed by atoms with Crippen molar-refractivity contribution in [1.82, 2.24) is 9.97 Å². The van der Waals surface area contributed by atoms with E-state index in [1.54, 1.807) is 0 Å². The van der Waals surface area contributed by atoms with Gasteiger partial charge in [-0.15, -0.1) is 0 Å². The lowest BCUT2D eigenvalue weighted by Crippen LogP contribution is -2.33. The van der Waals surface area contributed by atoms with Gasteiger partial charge >= 0.3 is 12.1 Å². The van der Waals surface area contributed by atoms with Crippen LogP contribution >= 0.6 is 0 Å². The number of aliphatic carboxylic acids is 1. The molecule has 25 heavy (non-hydrogen) atoms. The molecular weight excluding hydrogens is 339 g/mol. The first kappa shape index (κ1) is 17.8. The number of carboxylic acids is 1. The zero-order valence-electron chi connectivity index (χ0n) is 13.6. The molecule has 1 aromatic rings. The Morgan fingerprint density at radius 3 is 2.52 bits per heavy atom. The van der Waals surface area contributed by atoms with Crippen molar-refractivity contribution in [3.8, 4) is 5.88 Å². The van der Waals surface area contributed by atoms with Crippen LogP contribution in [0.25, 0.3) is 0 Å². The summed E-state index contributed by atoms with van der Waals surface area (Å²) in [5, 5.41) is 9.10. The lowest BCUT2D eigenvalue weighted by atomic mass is 9.96. The predicted octanol–water partition coefficient (Wildman–Crippen LogP) is 2.89. The van der Waals surface area contributed by atoms with Crippen LogP contribution < -0.4 is 9.64 Å². The second-order valence-electron chi connectivity index (χ2n) is 6.59. The van der Waals surface area contributed by atoms with Crippen LogP contribution in [0.2, 0.25) is 0 Å². The third kappa shape index (κ3) is 4.13. The first-order chi connectivity index (χ1) is 11.8. The van der Waals surface area contributed by atoms with Gasteiger partial charge in [0.25, 0.3) is 0 Å². The van der Waals surface area contributed by atoms with Crippen molar-refractivity contribution in [3.63, 3.8) is 0 Å². The molecule has 2 fully saturated rings. The van der Waals surface area contributed by atoms with Crippen molar-refractivity contribution in [2.24, 2.45) is 11.8 Å². The maximum atomic E-state index is 13.1. The molecule has 9 heteroatoms. The van der Waals surface area contributed by atoms with E-state index in [1.165, 1.54) is 23.7 Å². The Balaban J connectivity index is 1.73. The van der Waals surface area contributed by atoms with Crippen LogP contribution in [0.4, 0.5) is 19.0 Å². The van der Waals surface area contributed by atoms with Crippen molar-refractivity contribution in [2.45, 2.75) is 44.4 Å². The maximum Gasteiger partial charge on any atom is 0.394 e. The number of carboxylic acid groups (broad SMARTS) is 1. The maximum absolute atomic E-state index is 13.1. The van der Waals surface area contributed by atoms with E-state index in [1.807, 2.05) is 0 Å². The molecule has 1 saturated heterocycles. The number of ether oxygens (including phenoxy) is 1. The van der Waals surface area contributed by atoms with Gasteiger partial charge in [-0.3, -0.25) is 9.78 Å². The van der Waals surface area contributed by atoms with Crippen LogP contribution in [0.3, 0.4) is 0 Å². The molecule has 0 bridgehead atoms. The Morgan fingerprint density at radius 2 is 1.92 bits per heavy atom. The fourth-order valence-electron chi connectivity index (χ4n) is 3.47. The van der Waals surface area contributed by atoms with Crippen LogP contribution in [-0.2, 0) is 4.79 Å². The average Bonchev–Trinajstić information content (AvgIpc) is 3.02. The standard InChI is InChI=1S/C16H20F3N3O3/c17-16(18,19)12-9-22(8-11(12)15(23)24)13-6-20-7-14(21-13)25-10-4-2-1-3-5-10/h6-7,10-12H,1-5,8-9H2,(H,23,24)/t11-,12-/m1/s1. The number of rotatable bonds is 4. The average molecular weight is 359 g/mol. The van der Waals surface area contributed by atoms with E-state index >= 15 is 0 Å². The van der Waals surface area contributed by atoms with Crippen molar-refractivity contribution < 1.29 is 27.8 Å². The van der Waals surface area contributed by atoms with Gasteiger partial charge in [-0.25, -0.2) is 0 Å². The van der Waals surface area contributed by atoms with Gasteiger partial charge < -0.3 is 14.7 Å². The highest BCUT2D eigenvalue weighted by Gasteiger charge is 2.53. The molecule has 1 aromatic heterocycles. The van der Waals surface area contributed by atoms with Crippen LogP contribution in [-0.4, -0.2) is 46.4 Å². The third-order valence-corrected chi connectivity index (χ3v) is 4.82. The quantitative estimate of drug-likeness (QED) is 0.891. The second-order valence-corrected chi connectivity index (χ2v) is 6.59. The molecule has 1 aliphatic heterocycles. The van der Waals surface area contributed by atoms with E-state index in [0.29, 0.717) is 0 Å². The molecule has 0 spiro atoms. The Labute approximate surface area is 143 Å².